The van der Waals surface area contributed by atoms with Crippen LogP contribution in [0.25, 0.3) is 0 Å². The maximum Gasteiger partial charge on any atom is 0.324 e. The minimum atomic E-state index is -0.568. The third-order valence-electron chi connectivity index (χ3n) is 4.48. The standard InChI is InChI=1S/C16H17N3O4/c1-17-12-7-4-8-13(20)14(12)15(18(2)16(17)21)10-5-3-6-11(9-10)19(22)23/h3,5-6,9,15H,4,7-8H2,1-2H3/t15-/m1/s1. The van der Waals surface area contributed by atoms with Crippen LogP contribution >= 0.6 is 0 Å². The van der Waals surface area contributed by atoms with Gasteiger partial charge in [-0.15, -0.1) is 0 Å². The molecule has 0 fully saturated rings. The third-order valence-corrected chi connectivity index (χ3v) is 4.48. The average Bonchev–Trinajstić information content (AvgIpc) is 2.54. The molecule has 1 aliphatic carbocycles. The van der Waals surface area contributed by atoms with Crippen molar-refractivity contribution in [2.75, 3.05) is 14.1 Å². The highest BCUT2D eigenvalue weighted by molar-refractivity contribution is 6.00. The first-order chi connectivity index (χ1) is 10.9. The molecular formula is C16H17N3O4. The Balaban J connectivity index is 2.17. The molecule has 1 aromatic rings. The van der Waals surface area contributed by atoms with E-state index in [0.29, 0.717) is 24.0 Å². The lowest BCUT2D eigenvalue weighted by atomic mass is 9.84. The number of allylic oxidation sites excluding steroid dienone is 1. The van der Waals surface area contributed by atoms with Gasteiger partial charge >= 0.3 is 6.03 Å². The van der Waals surface area contributed by atoms with E-state index in [0.717, 1.165) is 12.1 Å². The van der Waals surface area contributed by atoms with Crippen molar-refractivity contribution >= 4 is 17.5 Å². The second-order valence-electron chi connectivity index (χ2n) is 5.84. The largest absolute Gasteiger partial charge is 0.324 e. The van der Waals surface area contributed by atoms with Crippen molar-refractivity contribution in [3.63, 3.8) is 0 Å². The van der Waals surface area contributed by atoms with Gasteiger partial charge in [-0.05, 0) is 18.4 Å². The molecule has 120 valence electrons. The lowest BCUT2D eigenvalue weighted by Gasteiger charge is -2.42. The van der Waals surface area contributed by atoms with Crippen molar-refractivity contribution in [2.24, 2.45) is 0 Å². The number of Topliss-reactive ketones (excluding diaryl/α,β-unsaturated/α-hetero) is 1. The number of nitrogens with zero attached hydrogens (tertiary/aromatic N) is 3. The first-order valence-corrected chi connectivity index (χ1v) is 7.43. The van der Waals surface area contributed by atoms with Gasteiger partial charge in [-0.1, -0.05) is 12.1 Å². The van der Waals surface area contributed by atoms with Crippen molar-refractivity contribution in [3.8, 4) is 0 Å². The summed E-state index contributed by atoms with van der Waals surface area (Å²) in [6.45, 7) is 0. The third kappa shape index (κ3) is 2.38. The van der Waals surface area contributed by atoms with E-state index in [2.05, 4.69) is 0 Å². The van der Waals surface area contributed by atoms with E-state index in [4.69, 9.17) is 0 Å². The SMILES string of the molecule is CN1C(=O)N(C)[C@H](c2cccc([N+](=O)[O-])c2)C2=C1CCCC2=O. The predicted octanol–water partition coefficient (Wildman–Crippen LogP) is 2.64. The molecular weight excluding hydrogens is 298 g/mol. The molecule has 7 nitrogen and oxygen atoms in total. The maximum atomic E-state index is 12.5. The minimum Gasteiger partial charge on any atom is -0.316 e. The molecule has 0 saturated carbocycles. The molecule has 0 spiro atoms. The molecule has 2 aliphatic rings. The highest BCUT2D eigenvalue weighted by atomic mass is 16.6. The van der Waals surface area contributed by atoms with E-state index in [1.54, 1.807) is 26.2 Å². The van der Waals surface area contributed by atoms with Gasteiger partial charge in [0.05, 0.1) is 11.0 Å². The number of benzene rings is 1. The number of nitro benzene ring substituents is 1. The smallest absolute Gasteiger partial charge is 0.316 e. The number of carbonyl (C=O) groups excluding carboxylic acids is 2. The molecule has 1 aliphatic heterocycles. The van der Waals surface area contributed by atoms with Crippen LogP contribution in [-0.4, -0.2) is 40.6 Å². The molecule has 3 rings (SSSR count). The van der Waals surface area contributed by atoms with Gasteiger partial charge < -0.3 is 9.80 Å². The van der Waals surface area contributed by atoms with E-state index < -0.39 is 11.0 Å². The molecule has 0 N–H and O–H groups in total. The summed E-state index contributed by atoms with van der Waals surface area (Å²) in [5.74, 6) is 0.00829. The second-order valence-corrected chi connectivity index (χ2v) is 5.84. The Hall–Kier alpha value is -2.70. The Labute approximate surface area is 133 Å². The number of carbonyl (C=O) groups is 2. The molecule has 0 aromatic heterocycles. The molecule has 1 heterocycles. The summed E-state index contributed by atoms with van der Waals surface area (Å²) < 4.78 is 0. The number of amides is 2. The van der Waals surface area contributed by atoms with Gasteiger partial charge in [0.15, 0.2) is 5.78 Å². The Morgan fingerprint density at radius 2 is 1.96 bits per heavy atom. The zero-order chi connectivity index (χ0) is 16.7. The van der Waals surface area contributed by atoms with Gasteiger partial charge in [0.2, 0.25) is 0 Å². The highest BCUT2D eigenvalue weighted by Crippen LogP contribution is 2.41. The van der Waals surface area contributed by atoms with Crippen molar-refractivity contribution < 1.29 is 14.5 Å². The van der Waals surface area contributed by atoms with Crippen LogP contribution in [0.1, 0.15) is 30.9 Å². The molecule has 0 bridgehead atoms. The summed E-state index contributed by atoms with van der Waals surface area (Å²) in [6.07, 6.45) is 1.84. The first-order valence-electron chi connectivity index (χ1n) is 7.43. The van der Waals surface area contributed by atoms with Crippen LogP contribution in [-0.2, 0) is 4.79 Å². The Morgan fingerprint density at radius 1 is 1.22 bits per heavy atom. The van der Waals surface area contributed by atoms with Crippen molar-refractivity contribution in [1.29, 1.82) is 0 Å². The Bertz CT molecular complexity index is 741. The van der Waals surface area contributed by atoms with Gasteiger partial charge in [0, 0.05) is 43.9 Å². The van der Waals surface area contributed by atoms with Crippen molar-refractivity contribution in [1.82, 2.24) is 9.80 Å². The number of urea groups is 1. The topological polar surface area (TPSA) is 83.8 Å². The van der Waals surface area contributed by atoms with Crippen molar-refractivity contribution in [2.45, 2.75) is 25.3 Å². The Kier molecular flexibility index (Phi) is 3.63. The van der Waals surface area contributed by atoms with Gasteiger partial charge in [0.25, 0.3) is 5.69 Å². The maximum absolute atomic E-state index is 12.5. The summed E-state index contributed by atoms with van der Waals surface area (Å²) in [7, 11) is 3.28. The second kappa shape index (κ2) is 5.49. The quantitative estimate of drug-likeness (QED) is 0.620. The molecule has 0 unspecified atom stereocenters. The summed E-state index contributed by atoms with van der Waals surface area (Å²) >= 11 is 0. The first kappa shape index (κ1) is 15.2. The number of ketones is 1. The van der Waals surface area contributed by atoms with Gasteiger partial charge in [0.1, 0.15) is 0 Å². The molecule has 7 heteroatoms. The average molecular weight is 315 g/mol. The van der Waals surface area contributed by atoms with E-state index in [-0.39, 0.29) is 17.5 Å². The van der Waals surface area contributed by atoms with Crippen LogP contribution in [0.3, 0.4) is 0 Å². The van der Waals surface area contributed by atoms with Crippen LogP contribution < -0.4 is 0 Å². The zero-order valence-electron chi connectivity index (χ0n) is 13.0. The number of nitro groups is 1. The van der Waals surface area contributed by atoms with Crippen LogP contribution in [0, 0.1) is 10.1 Å². The normalized spacial score (nSPS) is 21.6. The number of likely N-dealkylation sites (N-methyl/N-ethyl adjacent to an activating group) is 1. The fourth-order valence-corrected chi connectivity index (χ4v) is 3.36. The molecule has 0 radical (unpaired) electrons. The fourth-order valence-electron chi connectivity index (χ4n) is 3.36. The molecule has 2 amide bonds. The summed E-state index contributed by atoms with van der Waals surface area (Å²) in [5, 5.41) is 11.0. The lowest BCUT2D eigenvalue weighted by Crippen LogP contribution is -2.48. The van der Waals surface area contributed by atoms with Gasteiger partial charge in [-0.2, -0.15) is 0 Å². The monoisotopic (exact) mass is 315 g/mol. The predicted molar refractivity (Wildman–Crippen MR) is 82.6 cm³/mol. The number of hydrogen-bond acceptors (Lipinski definition) is 4. The van der Waals surface area contributed by atoms with E-state index in [1.165, 1.54) is 21.9 Å². The van der Waals surface area contributed by atoms with Crippen LogP contribution in [0.2, 0.25) is 0 Å². The van der Waals surface area contributed by atoms with E-state index in [9.17, 15) is 19.7 Å². The van der Waals surface area contributed by atoms with Gasteiger partial charge in [-0.3, -0.25) is 14.9 Å². The number of rotatable bonds is 2. The van der Waals surface area contributed by atoms with Crippen molar-refractivity contribution in [3.05, 3.63) is 51.2 Å². The lowest BCUT2D eigenvalue weighted by molar-refractivity contribution is -0.384. The zero-order valence-corrected chi connectivity index (χ0v) is 13.0. The van der Waals surface area contributed by atoms with Gasteiger partial charge in [-0.25, -0.2) is 4.79 Å². The van der Waals surface area contributed by atoms with Crippen LogP contribution in [0.5, 0.6) is 0 Å². The molecule has 1 atom stereocenters. The number of hydrogen-bond donors (Lipinski definition) is 0. The van der Waals surface area contributed by atoms with Crippen LogP contribution in [0.4, 0.5) is 10.5 Å². The Morgan fingerprint density at radius 3 is 2.65 bits per heavy atom. The molecule has 23 heavy (non-hydrogen) atoms. The molecule has 0 saturated heterocycles. The van der Waals surface area contributed by atoms with Crippen LogP contribution in [0.15, 0.2) is 35.5 Å². The summed E-state index contributed by atoms with van der Waals surface area (Å²) in [6, 6.07) is 5.36. The van der Waals surface area contributed by atoms with E-state index >= 15 is 0 Å². The van der Waals surface area contributed by atoms with E-state index in [1.807, 2.05) is 0 Å². The molecule has 1 aromatic carbocycles. The summed E-state index contributed by atoms with van der Waals surface area (Å²) in [5.41, 5.74) is 1.86. The summed E-state index contributed by atoms with van der Waals surface area (Å²) in [4.78, 5) is 38.5. The minimum absolute atomic E-state index is 0.00829. The fraction of sp³-hybridized carbons (Fsp3) is 0.375. The highest BCUT2D eigenvalue weighted by Gasteiger charge is 2.41. The number of non-ortho nitro benzene ring substituents is 1.